The number of aromatic amines is 1. The third-order valence-corrected chi connectivity index (χ3v) is 4.49. The molecule has 130 valence electrons. The maximum absolute atomic E-state index is 13.0. The summed E-state index contributed by atoms with van der Waals surface area (Å²) >= 11 is 0. The van der Waals surface area contributed by atoms with Crippen molar-refractivity contribution in [1.29, 1.82) is 0 Å². The molecule has 5 heteroatoms. The fraction of sp³-hybridized carbons (Fsp3) is 0.250. The van der Waals surface area contributed by atoms with E-state index in [0.717, 1.165) is 16.5 Å². The summed E-state index contributed by atoms with van der Waals surface area (Å²) in [5.41, 5.74) is 1.81. The lowest BCUT2D eigenvalue weighted by atomic mass is 9.83. The van der Waals surface area contributed by atoms with Crippen LogP contribution < -0.4 is 14.8 Å². The lowest BCUT2D eigenvalue weighted by Gasteiger charge is -2.24. The highest BCUT2D eigenvalue weighted by molar-refractivity contribution is 6.02. The van der Waals surface area contributed by atoms with Crippen molar-refractivity contribution < 1.29 is 14.3 Å². The number of methoxy groups -OCH3 is 2. The van der Waals surface area contributed by atoms with E-state index in [1.807, 2.05) is 44.3 Å². The fourth-order valence-corrected chi connectivity index (χ4v) is 2.90. The van der Waals surface area contributed by atoms with Gasteiger partial charge in [0.2, 0.25) is 5.91 Å². The molecule has 0 atom stereocenters. The van der Waals surface area contributed by atoms with Crippen molar-refractivity contribution in [2.75, 3.05) is 19.5 Å². The van der Waals surface area contributed by atoms with Gasteiger partial charge in [-0.05, 0) is 37.6 Å². The highest BCUT2D eigenvalue weighted by Gasteiger charge is 2.32. The van der Waals surface area contributed by atoms with Crippen LogP contribution >= 0.6 is 0 Å². The number of para-hydroxylation sites is 1. The lowest BCUT2D eigenvalue weighted by Crippen LogP contribution is -2.34. The molecule has 3 rings (SSSR count). The molecule has 5 nitrogen and oxygen atoms in total. The van der Waals surface area contributed by atoms with Crippen LogP contribution in [0.25, 0.3) is 10.9 Å². The molecule has 25 heavy (non-hydrogen) atoms. The monoisotopic (exact) mass is 338 g/mol. The number of ether oxygens (including phenoxy) is 2. The summed E-state index contributed by atoms with van der Waals surface area (Å²) in [6.07, 6.45) is 1.90. The Balaban J connectivity index is 1.95. The summed E-state index contributed by atoms with van der Waals surface area (Å²) < 4.78 is 10.6. The number of nitrogens with one attached hydrogen (secondary N) is 2. The van der Waals surface area contributed by atoms with E-state index in [-0.39, 0.29) is 5.91 Å². The fourth-order valence-electron chi connectivity index (χ4n) is 2.90. The Morgan fingerprint density at radius 2 is 1.84 bits per heavy atom. The molecule has 0 fully saturated rings. The second-order valence-electron chi connectivity index (χ2n) is 6.39. The summed E-state index contributed by atoms with van der Waals surface area (Å²) in [6, 6.07) is 13.3. The number of benzene rings is 2. The molecule has 0 saturated heterocycles. The van der Waals surface area contributed by atoms with Crippen molar-refractivity contribution in [1.82, 2.24) is 4.98 Å². The minimum atomic E-state index is -0.728. The Morgan fingerprint density at radius 3 is 2.56 bits per heavy atom. The van der Waals surface area contributed by atoms with Gasteiger partial charge in [-0.2, -0.15) is 0 Å². The van der Waals surface area contributed by atoms with Crippen molar-refractivity contribution in [3.63, 3.8) is 0 Å². The normalized spacial score (nSPS) is 11.4. The van der Waals surface area contributed by atoms with Crippen LogP contribution in [0.1, 0.15) is 19.4 Å². The molecule has 0 radical (unpaired) electrons. The molecule has 1 aromatic heterocycles. The molecule has 0 unspecified atom stereocenters. The predicted molar refractivity (Wildman–Crippen MR) is 99.5 cm³/mol. The van der Waals surface area contributed by atoms with E-state index < -0.39 is 5.41 Å². The molecule has 0 aliphatic heterocycles. The topological polar surface area (TPSA) is 63.4 Å². The van der Waals surface area contributed by atoms with Crippen LogP contribution in [0.4, 0.5) is 5.69 Å². The average molecular weight is 338 g/mol. The van der Waals surface area contributed by atoms with Crippen molar-refractivity contribution >= 4 is 22.5 Å². The molecule has 0 aliphatic carbocycles. The van der Waals surface area contributed by atoms with E-state index in [9.17, 15) is 4.79 Å². The van der Waals surface area contributed by atoms with E-state index in [4.69, 9.17) is 9.47 Å². The Labute approximate surface area is 147 Å². The molecule has 1 amide bonds. The van der Waals surface area contributed by atoms with Crippen molar-refractivity contribution in [3.8, 4) is 11.5 Å². The number of H-pyrrole nitrogens is 1. The van der Waals surface area contributed by atoms with Crippen LogP contribution in [0.3, 0.4) is 0 Å². The summed E-state index contributed by atoms with van der Waals surface area (Å²) in [4.78, 5) is 16.3. The second kappa shape index (κ2) is 6.51. The SMILES string of the molecule is COc1ccc(OC)c(NC(=O)C(C)(C)c2c[nH]c3ccccc23)c1. The van der Waals surface area contributed by atoms with Gasteiger partial charge in [-0.1, -0.05) is 18.2 Å². The highest BCUT2D eigenvalue weighted by atomic mass is 16.5. The van der Waals surface area contributed by atoms with Crippen LogP contribution in [0.15, 0.2) is 48.7 Å². The summed E-state index contributed by atoms with van der Waals surface area (Å²) in [5, 5.41) is 4.01. The maximum Gasteiger partial charge on any atom is 0.234 e. The van der Waals surface area contributed by atoms with E-state index in [1.54, 1.807) is 32.4 Å². The van der Waals surface area contributed by atoms with Gasteiger partial charge in [0.1, 0.15) is 11.5 Å². The molecule has 2 N–H and O–H groups in total. The van der Waals surface area contributed by atoms with Crippen LogP contribution in [-0.2, 0) is 10.2 Å². The van der Waals surface area contributed by atoms with Crippen molar-refractivity contribution in [2.24, 2.45) is 0 Å². The maximum atomic E-state index is 13.0. The quantitative estimate of drug-likeness (QED) is 0.736. The third kappa shape index (κ3) is 3.05. The first kappa shape index (κ1) is 16.9. The molecule has 0 aliphatic rings. The van der Waals surface area contributed by atoms with Gasteiger partial charge >= 0.3 is 0 Å². The summed E-state index contributed by atoms with van der Waals surface area (Å²) in [6.45, 7) is 3.81. The van der Waals surface area contributed by atoms with E-state index in [0.29, 0.717) is 17.2 Å². The van der Waals surface area contributed by atoms with E-state index in [2.05, 4.69) is 10.3 Å². The lowest BCUT2D eigenvalue weighted by molar-refractivity contribution is -0.120. The zero-order valence-corrected chi connectivity index (χ0v) is 14.8. The Hall–Kier alpha value is -2.95. The van der Waals surface area contributed by atoms with Gasteiger partial charge in [0.05, 0.1) is 25.3 Å². The molecule has 3 aromatic rings. The number of rotatable bonds is 5. The Kier molecular flexibility index (Phi) is 4.40. The molecular weight excluding hydrogens is 316 g/mol. The van der Waals surface area contributed by atoms with Gasteiger partial charge < -0.3 is 19.8 Å². The molecule has 1 heterocycles. The first-order valence-electron chi connectivity index (χ1n) is 8.07. The second-order valence-corrected chi connectivity index (χ2v) is 6.39. The first-order chi connectivity index (χ1) is 12.0. The van der Waals surface area contributed by atoms with Crippen LogP contribution in [0.5, 0.6) is 11.5 Å². The number of hydrogen-bond acceptors (Lipinski definition) is 3. The van der Waals surface area contributed by atoms with Gasteiger partial charge in [0.15, 0.2) is 0 Å². The molecule has 2 aromatic carbocycles. The standard InChI is InChI=1S/C20H22N2O3/c1-20(2,15-12-21-16-8-6-5-7-14(15)16)19(23)22-17-11-13(24-3)9-10-18(17)25-4/h5-12,21H,1-4H3,(H,22,23). The largest absolute Gasteiger partial charge is 0.497 e. The van der Waals surface area contributed by atoms with E-state index in [1.165, 1.54) is 0 Å². The number of carbonyl (C=O) groups excluding carboxylic acids is 1. The number of anilines is 1. The highest BCUT2D eigenvalue weighted by Crippen LogP contribution is 2.34. The molecule has 0 bridgehead atoms. The van der Waals surface area contributed by atoms with E-state index >= 15 is 0 Å². The minimum Gasteiger partial charge on any atom is -0.497 e. The van der Waals surface area contributed by atoms with Crippen molar-refractivity contribution in [3.05, 3.63) is 54.2 Å². The minimum absolute atomic E-state index is 0.121. The van der Waals surface area contributed by atoms with Gasteiger partial charge in [-0.15, -0.1) is 0 Å². The average Bonchev–Trinajstić information content (AvgIpc) is 3.06. The number of fused-ring (bicyclic) bond motifs is 1. The van der Waals surface area contributed by atoms with Crippen LogP contribution in [0.2, 0.25) is 0 Å². The zero-order chi connectivity index (χ0) is 18.0. The number of amides is 1. The smallest absolute Gasteiger partial charge is 0.234 e. The van der Waals surface area contributed by atoms with Gasteiger partial charge in [0.25, 0.3) is 0 Å². The van der Waals surface area contributed by atoms with Gasteiger partial charge in [0, 0.05) is 23.2 Å². The molecule has 0 spiro atoms. The molecular formula is C20H22N2O3. The molecule has 0 saturated carbocycles. The van der Waals surface area contributed by atoms with Gasteiger partial charge in [-0.3, -0.25) is 4.79 Å². The van der Waals surface area contributed by atoms with Crippen molar-refractivity contribution in [2.45, 2.75) is 19.3 Å². The zero-order valence-electron chi connectivity index (χ0n) is 14.8. The van der Waals surface area contributed by atoms with Crippen LogP contribution in [-0.4, -0.2) is 25.1 Å². The Morgan fingerprint density at radius 1 is 1.08 bits per heavy atom. The van der Waals surface area contributed by atoms with Gasteiger partial charge in [-0.25, -0.2) is 0 Å². The first-order valence-corrected chi connectivity index (χ1v) is 8.07. The number of aromatic nitrogens is 1. The van der Waals surface area contributed by atoms with Crippen LogP contribution in [0, 0.1) is 0 Å². The number of carbonyl (C=O) groups is 1. The third-order valence-electron chi connectivity index (χ3n) is 4.49. The summed E-state index contributed by atoms with van der Waals surface area (Å²) in [7, 11) is 3.16. The predicted octanol–water partition coefficient (Wildman–Crippen LogP) is 4.10. The number of hydrogen-bond donors (Lipinski definition) is 2. The summed E-state index contributed by atoms with van der Waals surface area (Å²) in [5.74, 6) is 1.12. The Bertz CT molecular complexity index is 912.